The summed E-state index contributed by atoms with van der Waals surface area (Å²) < 4.78 is 0. The number of unbranched alkanes of at least 4 members (excludes halogenated alkanes) is 3. The van der Waals surface area contributed by atoms with Crippen molar-refractivity contribution in [1.82, 2.24) is 0 Å². The second-order valence-corrected chi connectivity index (χ2v) is 2.93. The van der Waals surface area contributed by atoms with Gasteiger partial charge in [0.25, 0.3) is 0 Å². The van der Waals surface area contributed by atoms with Crippen LogP contribution in [0.25, 0.3) is 0 Å². The highest BCUT2D eigenvalue weighted by molar-refractivity contribution is 5.79. The molecule has 1 N–H and O–H groups in total. The van der Waals surface area contributed by atoms with Gasteiger partial charge in [-0.05, 0) is 19.3 Å². The van der Waals surface area contributed by atoms with Crippen LogP contribution in [0.15, 0.2) is 24.3 Å². The third-order valence-electron chi connectivity index (χ3n) is 1.65. The molecule has 0 radical (unpaired) electrons. The van der Waals surface area contributed by atoms with Crippen LogP contribution < -0.4 is 0 Å². The van der Waals surface area contributed by atoms with E-state index < -0.39 is 5.97 Å². The zero-order valence-electron chi connectivity index (χ0n) is 8.20. The van der Waals surface area contributed by atoms with Crippen LogP contribution in [0.1, 0.15) is 39.0 Å². The van der Waals surface area contributed by atoms with Gasteiger partial charge in [0.2, 0.25) is 0 Å². The number of allylic oxidation sites excluding steroid dienone is 3. The van der Waals surface area contributed by atoms with Gasteiger partial charge in [-0.2, -0.15) is 0 Å². The number of aliphatic carboxylic acids is 1. The van der Waals surface area contributed by atoms with Gasteiger partial charge in [0, 0.05) is 6.08 Å². The zero-order chi connectivity index (χ0) is 9.94. The molecule has 0 heterocycles. The first kappa shape index (κ1) is 11.9. The second kappa shape index (κ2) is 9.04. The average molecular weight is 182 g/mol. The van der Waals surface area contributed by atoms with E-state index in [1.807, 2.05) is 0 Å². The van der Waals surface area contributed by atoms with Crippen LogP contribution in [-0.2, 0) is 4.79 Å². The first-order valence-electron chi connectivity index (χ1n) is 4.81. The molecule has 0 saturated heterocycles. The molecule has 0 fully saturated rings. The summed E-state index contributed by atoms with van der Waals surface area (Å²) in [5.74, 6) is -0.866. The van der Waals surface area contributed by atoms with Crippen LogP contribution >= 0.6 is 0 Å². The average Bonchev–Trinajstić information content (AvgIpc) is 2.09. The molecule has 2 heteroatoms. The van der Waals surface area contributed by atoms with Crippen LogP contribution in [0.5, 0.6) is 0 Å². The topological polar surface area (TPSA) is 37.3 Å². The highest BCUT2D eigenvalue weighted by Gasteiger charge is 1.83. The lowest BCUT2D eigenvalue weighted by atomic mass is 10.2. The molecule has 0 aromatic carbocycles. The van der Waals surface area contributed by atoms with E-state index in [4.69, 9.17) is 5.11 Å². The molecule has 0 amide bonds. The molecule has 74 valence electrons. The summed E-state index contributed by atoms with van der Waals surface area (Å²) in [6.07, 6.45) is 12.5. The summed E-state index contributed by atoms with van der Waals surface area (Å²) in [7, 11) is 0. The second-order valence-electron chi connectivity index (χ2n) is 2.93. The number of hydrogen-bond donors (Lipinski definition) is 1. The molecule has 0 saturated carbocycles. The predicted octanol–water partition coefficient (Wildman–Crippen LogP) is 3.15. The van der Waals surface area contributed by atoms with Gasteiger partial charge in [-0.1, -0.05) is 38.0 Å². The van der Waals surface area contributed by atoms with Gasteiger partial charge in [0.05, 0.1) is 0 Å². The third kappa shape index (κ3) is 10.9. The summed E-state index contributed by atoms with van der Waals surface area (Å²) in [6.45, 7) is 2.17. The van der Waals surface area contributed by atoms with Gasteiger partial charge in [0.1, 0.15) is 0 Å². The van der Waals surface area contributed by atoms with Crippen molar-refractivity contribution in [3.8, 4) is 0 Å². The van der Waals surface area contributed by atoms with Crippen molar-refractivity contribution in [2.45, 2.75) is 39.0 Å². The van der Waals surface area contributed by atoms with Crippen molar-refractivity contribution < 1.29 is 9.90 Å². The first-order valence-corrected chi connectivity index (χ1v) is 4.81. The Balaban J connectivity index is 3.24. The standard InChI is InChI=1S/C11H18O2/c1-2-3-4-5-6-7-8-9-10-11(12)13/h5-6,9-10H,2-4,7-8H2,1H3,(H,12,13). The van der Waals surface area contributed by atoms with E-state index in [-0.39, 0.29) is 0 Å². The molecule has 0 bridgehead atoms. The lowest BCUT2D eigenvalue weighted by molar-refractivity contribution is -0.131. The fraction of sp³-hybridized carbons (Fsp3) is 0.545. The maximum atomic E-state index is 10.1. The van der Waals surface area contributed by atoms with E-state index in [0.29, 0.717) is 0 Å². The van der Waals surface area contributed by atoms with E-state index in [1.165, 1.54) is 18.9 Å². The van der Waals surface area contributed by atoms with Crippen molar-refractivity contribution in [1.29, 1.82) is 0 Å². The molecule has 0 aromatic heterocycles. The Morgan fingerprint density at radius 1 is 1.15 bits per heavy atom. The van der Waals surface area contributed by atoms with Crippen LogP contribution in [0.3, 0.4) is 0 Å². The summed E-state index contributed by atoms with van der Waals surface area (Å²) in [5.41, 5.74) is 0. The summed E-state index contributed by atoms with van der Waals surface area (Å²) in [4.78, 5) is 10.1. The Labute approximate surface area is 80.0 Å². The Bertz CT molecular complexity index is 181. The van der Waals surface area contributed by atoms with Crippen molar-refractivity contribution in [3.63, 3.8) is 0 Å². The smallest absolute Gasteiger partial charge is 0.327 e. The fourth-order valence-corrected chi connectivity index (χ4v) is 0.934. The van der Waals surface area contributed by atoms with E-state index in [0.717, 1.165) is 19.3 Å². The van der Waals surface area contributed by atoms with E-state index in [9.17, 15) is 4.79 Å². The van der Waals surface area contributed by atoms with E-state index >= 15 is 0 Å². The lowest BCUT2D eigenvalue weighted by Crippen LogP contribution is -1.85. The monoisotopic (exact) mass is 182 g/mol. The lowest BCUT2D eigenvalue weighted by Gasteiger charge is -1.88. The Hall–Kier alpha value is -1.05. The highest BCUT2D eigenvalue weighted by Crippen LogP contribution is 1.98. The van der Waals surface area contributed by atoms with Gasteiger partial charge in [0.15, 0.2) is 0 Å². The maximum Gasteiger partial charge on any atom is 0.327 e. The molecular weight excluding hydrogens is 164 g/mol. The zero-order valence-corrected chi connectivity index (χ0v) is 8.20. The molecule has 13 heavy (non-hydrogen) atoms. The number of carboxylic acid groups (broad SMARTS) is 1. The van der Waals surface area contributed by atoms with Crippen LogP contribution in [0, 0.1) is 0 Å². The largest absolute Gasteiger partial charge is 0.478 e. The molecule has 0 unspecified atom stereocenters. The SMILES string of the molecule is CCCCC=CCCC=CC(=O)O. The summed E-state index contributed by atoms with van der Waals surface area (Å²) in [5, 5.41) is 8.28. The van der Waals surface area contributed by atoms with Crippen LogP contribution in [0.4, 0.5) is 0 Å². The van der Waals surface area contributed by atoms with Gasteiger partial charge in [-0.15, -0.1) is 0 Å². The third-order valence-corrected chi connectivity index (χ3v) is 1.65. The van der Waals surface area contributed by atoms with Gasteiger partial charge in [-0.3, -0.25) is 0 Å². The Kier molecular flexibility index (Phi) is 8.31. The number of carboxylic acids is 1. The van der Waals surface area contributed by atoms with E-state index in [2.05, 4.69) is 19.1 Å². The molecule has 0 aliphatic rings. The van der Waals surface area contributed by atoms with Gasteiger partial charge in [-0.25, -0.2) is 4.79 Å². The quantitative estimate of drug-likeness (QED) is 0.373. The molecule has 0 aliphatic heterocycles. The van der Waals surface area contributed by atoms with Crippen molar-refractivity contribution in [2.75, 3.05) is 0 Å². The molecule has 0 aliphatic carbocycles. The molecule has 0 spiro atoms. The minimum Gasteiger partial charge on any atom is -0.478 e. The van der Waals surface area contributed by atoms with E-state index in [1.54, 1.807) is 6.08 Å². The normalized spacial score (nSPS) is 11.5. The maximum absolute atomic E-state index is 10.1. The minimum atomic E-state index is -0.866. The Morgan fingerprint density at radius 2 is 1.77 bits per heavy atom. The molecule has 2 nitrogen and oxygen atoms in total. The summed E-state index contributed by atoms with van der Waals surface area (Å²) in [6, 6.07) is 0. The minimum absolute atomic E-state index is 0.814. The van der Waals surface area contributed by atoms with Crippen molar-refractivity contribution in [3.05, 3.63) is 24.3 Å². The predicted molar refractivity (Wildman–Crippen MR) is 54.7 cm³/mol. The number of carbonyl (C=O) groups is 1. The van der Waals surface area contributed by atoms with Crippen molar-refractivity contribution in [2.24, 2.45) is 0 Å². The van der Waals surface area contributed by atoms with Crippen molar-refractivity contribution >= 4 is 5.97 Å². The van der Waals surface area contributed by atoms with Crippen LogP contribution in [-0.4, -0.2) is 11.1 Å². The number of rotatable bonds is 7. The molecular formula is C11H18O2. The summed E-state index contributed by atoms with van der Waals surface area (Å²) >= 11 is 0. The first-order chi connectivity index (χ1) is 6.27. The molecule has 0 atom stereocenters. The fourth-order valence-electron chi connectivity index (χ4n) is 0.934. The molecule has 0 rings (SSSR count). The van der Waals surface area contributed by atoms with Crippen LogP contribution in [0.2, 0.25) is 0 Å². The number of hydrogen-bond acceptors (Lipinski definition) is 1. The highest BCUT2D eigenvalue weighted by atomic mass is 16.4. The van der Waals surface area contributed by atoms with Gasteiger partial charge < -0.3 is 5.11 Å². The Morgan fingerprint density at radius 3 is 2.38 bits per heavy atom. The van der Waals surface area contributed by atoms with Gasteiger partial charge >= 0.3 is 5.97 Å². The molecule has 0 aromatic rings.